The second-order valence-electron chi connectivity index (χ2n) is 6.88. The summed E-state index contributed by atoms with van der Waals surface area (Å²) in [5.41, 5.74) is 0. The van der Waals surface area contributed by atoms with Crippen LogP contribution in [-0.2, 0) is 9.53 Å². The van der Waals surface area contributed by atoms with Crippen molar-refractivity contribution in [1.29, 1.82) is 0 Å². The molecular weight excluding hydrogens is 266 g/mol. The predicted molar refractivity (Wildman–Crippen MR) is 82.2 cm³/mol. The van der Waals surface area contributed by atoms with Crippen LogP contribution in [0.5, 0.6) is 0 Å². The van der Waals surface area contributed by atoms with Crippen LogP contribution in [0.15, 0.2) is 0 Å². The molecule has 1 N–H and O–H groups in total. The Morgan fingerprint density at radius 3 is 2.71 bits per heavy atom. The molecule has 1 unspecified atom stereocenters. The van der Waals surface area contributed by atoms with E-state index in [9.17, 15) is 4.79 Å². The largest absolute Gasteiger partial charge is 0.375 e. The van der Waals surface area contributed by atoms with E-state index in [1.807, 2.05) is 11.8 Å². The van der Waals surface area contributed by atoms with Crippen LogP contribution < -0.4 is 5.32 Å². The predicted octanol–water partition coefficient (Wildman–Crippen LogP) is 0.698. The van der Waals surface area contributed by atoms with Gasteiger partial charge in [0.2, 0.25) is 5.91 Å². The molecular formula is C16H29N3O2. The molecule has 0 aromatic carbocycles. The zero-order valence-corrected chi connectivity index (χ0v) is 13.2. The molecule has 2 saturated heterocycles. The molecule has 1 saturated carbocycles. The number of piperidine rings is 1. The molecule has 1 aliphatic carbocycles. The highest BCUT2D eigenvalue weighted by Gasteiger charge is 2.33. The van der Waals surface area contributed by atoms with Crippen molar-refractivity contribution in [2.75, 3.05) is 45.9 Å². The van der Waals surface area contributed by atoms with Crippen LogP contribution in [0.3, 0.4) is 0 Å². The Morgan fingerprint density at radius 1 is 1.29 bits per heavy atom. The first-order chi connectivity index (χ1) is 10.2. The smallest absolute Gasteiger partial charge is 0.236 e. The van der Waals surface area contributed by atoms with Crippen molar-refractivity contribution in [3.8, 4) is 0 Å². The molecule has 0 aromatic rings. The SMILES string of the molecule is CC1CN(C(=O)CN(CC2CCNCC2)C2CC2)CCO1. The summed E-state index contributed by atoms with van der Waals surface area (Å²) in [5.74, 6) is 1.06. The van der Waals surface area contributed by atoms with Gasteiger partial charge in [0.25, 0.3) is 0 Å². The quantitative estimate of drug-likeness (QED) is 0.811. The zero-order valence-electron chi connectivity index (χ0n) is 13.2. The molecule has 120 valence electrons. The van der Waals surface area contributed by atoms with Crippen molar-refractivity contribution in [3.63, 3.8) is 0 Å². The first kappa shape index (κ1) is 15.3. The Morgan fingerprint density at radius 2 is 2.05 bits per heavy atom. The normalized spacial score (nSPS) is 28.1. The van der Waals surface area contributed by atoms with Gasteiger partial charge < -0.3 is 15.0 Å². The number of hydrogen-bond donors (Lipinski definition) is 1. The summed E-state index contributed by atoms with van der Waals surface area (Å²) in [5, 5.41) is 3.42. The van der Waals surface area contributed by atoms with Crippen LogP contribution in [0.1, 0.15) is 32.6 Å². The minimum Gasteiger partial charge on any atom is -0.375 e. The molecule has 5 heteroatoms. The number of carbonyl (C=O) groups is 1. The van der Waals surface area contributed by atoms with Crippen LogP contribution in [0, 0.1) is 5.92 Å². The summed E-state index contributed by atoms with van der Waals surface area (Å²) < 4.78 is 5.53. The highest BCUT2D eigenvalue weighted by Crippen LogP contribution is 2.29. The van der Waals surface area contributed by atoms with Crippen molar-refractivity contribution in [2.45, 2.75) is 44.8 Å². The maximum absolute atomic E-state index is 12.5. The molecule has 21 heavy (non-hydrogen) atoms. The molecule has 3 rings (SSSR count). The lowest BCUT2D eigenvalue weighted by molar-refractivity contribution is -0.139. The van der Waals surface area contributed by atoms with E-state index in [0.717, 1.165) is 38.6 Å². The third-order valence-electron chi connectivity index (χ3n) is 4.95. The third-order valence-corrected chi connectivity index (χ3v) is 4.95. The van der Waals surface area contributed by atoms with E-state index >= 15 is 0 Å². The summed E-state index contributed by atoms with van der Waals surface area (Å²) in [4.78, 5) is 17.0. The lowest BCUT2D eigenvalue weighted by atomic mass is 9.97. The second-order valence-corrected chi connectivity index (χ2v) is 6.88. The Hall–Kier alpha value is -0.650. The van der Waals surface area contributed by atoms with Crippen molar-refractivity contribution in [2.24, 2.45) is 5.92 Å². The topological polar surface area (TPSA) is 44.8 Å². The lowest BCUT2D eigenvalue weighted by Crippen LogP contribution is -2.49. The van der Waals surface area contributed by atoms with Gasteiger partial charge in [0, 0.05) is 25.7 Å². The van der Waals surface area contributed by atoms with Gasteiger partial charge in [0.15, 0.2) is 0 Å². The molecule has 5 nitrogen and oxygen atoms in total. The van der Waals surface area contributed by atoms with E-state index in [4.69, 9.17) is 4.74 Å². The zero-order chi connectivity index (χ0) is 14.7. The summed E-state index contributed by atoms with van der Waals surface area (Å²) >= 11 is 0. The van der Waals surface area contributed by atoms with Gasteiger partial charge in [0.05, 0.1) is 19.3 Å². The molecule has 0 radical (unpaired) electrons. The number of ether oxygens (including phenoxy) is 1. The molecule has 2 aliphatic heterocycles. The van der Waals surface area contributed by atoms with Crippen LogP contribution >= 0.6 is 0 Å². The number of hydrogen-bond acceptors (Lipinski definition) is 4. The van der Waals surface area contributed by atoms with Crippen LogP contribution in [0.2, 0.25) is 0 Å². The number of morpholine rings is 1. The fraction of sp³-hybridized carbons (Fsp3) is 0.938. The van der Waals surface area contributed by atoms with Gasteiger partial charge in [-0.2, -0.15) is 0 Å². The summed E-state index contributed by atoms with van der Waals surface area (Å²) in [6, 6.07) is 0.669. The Labute approximate surface area is 128 Å². The van der Waals surface area contributed by atoms with Crippen molar-refractivity contribution >= 4 is 5.91 Å². The van der Waals surface area contributed by atoms with Gasteiger partial charge in [-0.25, -0.2) is 0 Å². The highest BCUT2D eigenvalue weighted by atomic mass is 16.5. The van der Waals surface area contributed by atoms with E-state index in [1.54, 1.807) is 0 Å². The Balaban J connectivity index is 1.50. The highest BCUT2D eigenvalue weighted by molar-refractivity contribution is 5.78. The maximum atomic E-state index is 12.5. The van der Waals surface area contributed by atoms with Crippen molar-refractivity contribution in [1.82, 2.24) is 15.1 Å². The van der Waals surface area contributed by atoms with Gasteiger partial charge in [-0.05, 0) is 51.6 Å². The number of nitrogens with one attached hydrogen (secondary N) is 1. The molecule has 0 spiro atoms. The summed E-state index contributed by atoms with van der Waals surface area (Å²) in [6.07, 6.45) is 5.24. The van der Waals surface area contributed by atoms with Gasteiger partial charge in [-0.1, -0.05) is 0 Å². The van der Waals surface area contributed by atoms with E-state index in [2.05, 4.69) is 10.2 Å². The second kappa shape index (κ2) is 7.07. The van der Waals surface area contributed by atoms with E-state index in [1.165, 1.54) is 25.7 Å². The third kappa shape index (κ3) is 4.41. The molecule has 3 fully saturated rings. The van der Waals surface area contributed by atoms with Crippen molar-refractivity contribution in [3.05, 3.63) is 0 Å². The Bertz CT molecular complexity index is 353. The van der Waals surface area contributed by atoms with Crippen LogP contribution in [-0.4, -0.2) is 73.7 Å². The first-order valence-corrected chi connectivity index (χ1v) is 8.56. The lowest BCUT2D eigenvalue weighted by Gasteiger charge is -2.34. The minimum absolute atomic E-state index is 0.182. The molecule has 1 amide bonds. The monoisotopic (exact) mass is 295 g/mol. The van der Waals surface area contributed by atoms with Gasteiger partial charge in [0.1, 0.15) is 0 Å². The molecule has 1 atom stereocenters. The fourth-order valence-corrected chi connectivity index (χ4v) is 3.50. The number of amides is 1. The number of carbonyl (C=O) groups excluding carboxylic acids is 1. The standard InChI is InChI=1S/C16H29N3O2/c1-13-10-18(8-9-21-13)16(20)12-19(15-2-3-15)11-14-4-6-17-7-5-14/h13-15,17H,2-12H2,1H3. The minimum atomic E-state index is 0.182. The molecule has 3 aliphatic rings. The van der Waals surface area contributed by atoms with Crippen molar-refractivity contribution < 1.29 is 9.53 Å². The van der Waals surface area contributed by atoms with Crippen LogP contribution in [0.25, 0.3) is 0 Å². The van der Waals surface area contributed by atoms with E-state index in [0.29, 0.717) is 25.1 Å². The van der Waals surface area contributed by atoms with E-state index in [-0.39, 0.29) is 6.10 Å². The average molecular weight is 295 g/mol. The van der Waals surface area contributed by atoms with Gasteiger partial charge >= 0.3 is 0 Å². The van der Waals surface area contributed by atoms with E-state index < -0.39 is 0 Å². The summed E-state index contributed by atoms with van der Waals surface area (Å²) in [7, 11) is 0. The number of nitrogens with zero attached hydrogens (tertiary/aromatic N) is 2. The molecule has 2 heterocycles. The Kier molecular flexibility index (Phi) is 5.14. The summed E-state index contributed by atoms with van der Waals surface area (Å²) in [6.45, 7) is 8.24. The number of rotatable bonds is 5. The molecule has 0 bridgehead atoms. The molecule has 0 aromatic heterocycles. The van der Waals surface area contributed by atoms with Crippen LogP contribution in [0.4, 0.5) is 0 Å². The maximum Gasteiger partial charge on any atom is 0.236 e. The van der Waals surface area contributed by atoms with Gasteiger partial charge in [-0.3, -0.25) is 9.69 Å². The fourth-order valence-electron chi connectivity index (χ4n) is 3.50. The average Bonchev–Trinajstić information content (AvgIpc) is 3.32. The van der Waals surface area contributed by atoms with Gasteiger partial charge in [-0.15, -0.1) is 0 Å². The first-order valence-electron chi connectivity index (χ1n) is 8.56.